The van der Waals surface area contributed by atoms with Gasteiger partial charge < -0.3 is 45.1 Å². The van der Waals surface area contributed by atoms with E-state index in [9.17, 15) is 48.6 Å². The summed E-state index contributed by atoms with van der Waals surface area (Å²) in [6.07, 6.45) is 22.1. The van der Waals surface area contributed by atoms with Gasteiger partial charge in [0, 0.05) is 19.0 Å². The molecule has 2 unspecified atom stereocenters. The summed E-state index contributed by atoms with van der Waals surface area (Å²) in [5, 5.41) is 30.4. The molecule has 19 nitrogen and oxygen atoms in total. The first kappa shape index (κ1) is 57.8. The Bertz CT molecular complexity index is 1800. The van der Waals surface area contributed by atoms with Gasteiger partial charge in [0.05, 0.1) is 19.3 Å². The number of esters is 2. The van der Waals surface area contributed by atoms with Crippen LogP contribution in [-0.4, -0.2) is 96.9 Å². The first-order valence-corrected chi connectivity index (χ1v) is 25.6. The molecule has 0 radical (unpaired) electrons. The zero-order valence-electron chi connectivity index (χ0n) is 38.1. The van der Waals surface area contributed by atoms with E-state index in [1.54, 1.807) is 0 Å². The van der Waals surface area contributed by atoms with Crippen molar-refractivity contribution >= 4 is 33.4 Å². The summed E-state index contributed by atoms with van der Waals surface area (Å²) in [6, 6.07) is 1.24. The molecule has 0 aromatic carbocycles. The number of carbonyl (C=O) groups excluding carboxylic acids is 2. The largest absolute Gasteiger partial charge is 0.481 e. The Hall–Kier alpha value is -3.32. The minimum atomic E-state index is -5.44. The fourth-order valence-electron chi connectivity index (χ4n) is 6.29. The van der Waals surface area contributed by atoms with Gasteiger partial charge in [-0.1, -0.05) is 108 Å². The second kappa shape index (κ2) is 32.4. The molecule has 370 valence electrons. The SMILES string of the molecule is CC[C@@H](O)CC/C=C\C/C=C\C/C=C\C/C=C\CCCC(=O)O[C@H](COC(=O)CCCCCCCCC(C)C)COP(=O)(O)OP(=O)(O)OC[C@H]1O[C@@H](n2ccc(N)nc2=O)[C@H](O)[C@@H]1O. The molecule has 0 saturated carbocycles. The Morgan fingerprint density at radius 2 is 1.40 bits per heavy atom. The molecule has 65 heavy (non-hydrogen) atoms. The zero-order valence-corrected chi connectivity index (χ0v) is 39.8. The number of allylic oxidation sites excluding steroid dienone is 8. The molecular formula is C44H73N3O16P2. The van der Waals surface area contributed by atoms with Gasteiger partial charge in [-0.3, -0.25) is 23.2 Å². The maximum atomic E-state index is 12.8. The predicted molar refractivity (Wildman–Crippen MR) is 244 cm³/mol. The van der Waals surface area contributed by atoms with Crippen LogP contribution in [0.2, 0.25) is 0 Å². The smallest absolute Gasteiger partial charge is 0.462 e. The zero-order chi connectivity index (χ0) is 48.1. The van der Waals surface area contributed by atoms with E-state index in [0.717, 1.165) is 75.0 Å². The molecule has 0 bridgehead atoms. The van der Waals surface area contributed by atoms with Crippen LogP contribution in [-0.2, 0) is 46.3 Å². The number of nitrogens with two attached hydrogens (primary N) is 1. The molecule has 2 rings (SSSR count). The standard InChI is InChI=1S/C44H73N3O16P2/c1-4-35(48)26-22-18-13-11-9-7-5-6-8-10-12-14-20-24-28-40(50)61-36(31-58-39(49)27-23-19-16-15-17-21-25-34(2)3)32-59-64(54,55)63-65(56,57)60-33-37-41(51)42(52)43(62-37)47-30-29-38(45)46-44(47)53/h6-9,12-14,18,29-30,34-37,41-43,48,51-52H,4-5,10-11,15-17,19-28,31-33H2,1-3H3,(H,54,55)(H,56,57)(H2,45,46,53)/b8-6-,9-7-,14-12-,18-13-/t35-,36-,37-,41-,42-,43-/m1/s1. The fourth-order valence-corrected chi connectivity index (χ4v) is 8.40. The van der Waals surface area contributed by atoms with Crippen molar-refractivity contribution < 1.29 is 71.4 Å². The highest BCUT2D eigenvalue weighted by atomic mass is 31.3. The van der Waals surface area contributed by atoms with Crippen LogP contribution in [0.15, 0.2) is 65.7 Å². The molecule has 0 spiro atoms. The number of aromatic nitrogens is 2. The number of phosphoric ester groups is 2. The number of rotatable bonds is 35. The van der Waals surface area contributed by atoms with E-state index in [1.165, 1.54) is 12.5 Å². The number of nitrogens with zero attached hydrogens (tertiary/aromatic N) is 2. The van der Waals surface area contributed by atoms with Crippen LogP contribution in [0.5, 0.6) is 0 Å². The van der Waals surface area contributed by atoms with Gasteiger partial charge in [0.25, 0.3) is 0 Å². The number of unbranched alkanes of at least 4 members (excludes halogenated alkanes) is 6. The van der Waals surface area contributed by atoms with Crippen molar-refractivity contribution in [1.29, 1.82) is 0 Å². The summed E-state index contributed by atoms with van der Waals surface area (Å²) in [5.74, 6) is -0.733. The van der Waals surface area contributed by atoms with Gasteiger partial charge >= 0.3 is 33.3 Å². The van der Waals surface area contributed by atoms with E-state index >= 15 is 0 Å². The summed E-state index contributed by atoms with van der Waals surface area (Å²) in [6.45, 7) is 3.97. The minimum Gasteiger partial charge on any atom is -0.462 e. The lowest BCUT2D eigenvalue weighted by molar-refractivity contribution is -0.161. The highest BCUT2D eigenvalue weighted by molar-refractivity contribution is 7.61. The van der Waals surface area contributed by atoms with E-state index in [2.05, 4.69) is 53.5 Å². The average Bonchev–Trinajstić information content (AvgIpc) is 3.52. The van der Waals surface area contributed by atoms with E-state index in [1.807, 2.05) is 25.2 Å². The van der Waals surface area contributed by atoms with Crippen LogP contribution < -0.4 is 11.4 Å². The second-order valence-corrected chi connectivity index (χ2v) is 19.2. The Morgan fingerprint density at radius 1 is 0.815 bits per heavy atom. The number of hydrogen-bond donors (Lipinski definition) is 6. The lowest BCUT2D eigenvalue weighted by Crippen LogP contribution is -2.36. The van der Waals surface area contributed by atoms with Crippen LogP contribution in [0.1, 0.15) is 136 Å². The normalized spacial score (nSPS) is 20.8. The van der Waals surface area contributed by atoms with Crippen molar-refractivity contribution in [3.63, 3.8) is 0 Å². The van der Waals surface area contributed by atoms with E-state index in [4.69, 9.17) is 29.0 Å². The molecule has 1 fully saturated rings. The molecular weight excluding hydrogens is 888 g/mol. The van der Waals surface area contributed by atoms with Crippen molar-refractivity contribution in [2.75, 3.05) is 25.6 Å². The van der Waals surface area contributed by atoms with Crippen LogP contribution in [0.3, 0.4) is 0 Å². The number of aliphatic hydroxyl groups excluding tert-OH is 3. The summed E-state index contributed by atoms with van der Waals surface area (Å²) < 4.78 is 56.4. The van der Waals surface area contributed by atoms with Crippen molar-refractivity contribution in [3.05, 3.63) is 71.4 Å². The Morgan fingerprint density at radius 3 is 2.03 bits per heavy atom. The highest BCUT2D eigenvalue weighted by Gasteiger charge is 2.46. The number of hydrogen-bond acceptors (Lipinski definition) is 16. The Kier molecular flexibility index (Phi) is 28.8. The van der Waals surface area contributed by atoms with Crippen molar-refractivity contribution in [1.82, 2.24) is 9.55 Å². The lowest BCUT2D eigenvalue weighted by atomic mass is 10.0. The second-order valence-electron chi connectivity index (χ2n) is 16.2. The topological polar surface area (TPSA) is 286 Å². The summed E-state index contributed by atoms with van der Waals surface area (Å²) in [7, 11) is -10.9. The van der Waals surface area contributed by atoms with E-state index in [0.29, 0.717) is 31.6 Å². The summed E-state index contributed by atoms with van der Waals surface area (Å²) in [5.41, 5.74) is 4.56. The third-order valence-electron chi connectivity index (χ3n) is 10.0. The van der Waals surface area contributed by atoms with Gasteiger partial charge in [0.1, 0.15) is 30.7 Å². The number of ether oxygens (including phenoxy) is 3. The molecule has 1 aliphatic heterocycles. The highest BCUT2D eigenvalue weighted by Crippen LogP contribution is 2.60. The number of nitrogen functional groups attached to an aromatic ring is 1. The van der Waals surface area contributed by atoms with Gasteiger partial charge in [-0.15, -0.1) is 0 Å². The molecule has 1 aliphatic rings. The molecule has 1 saturated heterocycles. The maximum Gasteiger partial charge on any atom is 0.481 e. The average molecular weight is 962 g/mol. The van der Waals surface area contributed by atoms with Gasteiger partial charge in [0.15, 0.2) is 12.3 Å². The molecule has 7 N–H and O–H groups in total. The molecule has 21 heteroatoms. The van der Waals surface area contributed by atoms with Gasteiger partial charge in [0.2, 0.25) is 0 Å². The molecule has 0 amide bonds. The van der Waals surface area contributed by atoms with Gasteiger partial charge in [-0.2, -0.15) is 9.29 Å². The van der Waals surface area contributed by atoms with Crippen LogP contribution >= 0.6 is 15.6 Å². The maximum absolute atomic E-state index is 12.8. The van der Waals surface area contributed by atoms with Crippen molar-refractivity contribution in [2.24, 2.45) is 5.92 Å². The quantitative estimate of drug-likeness (QED) is 0.0172. The number of aliphatic hydroxyl groups is 3. The van der Waals surface area contributed by atoms with Crippen molar-refractivity contribution in [3.8, 4) is 0 Å². The minimum absolute atomic E-state index is 0.0404. The molecule has 1 aromatic heterocycles. The van der Waals surface area contributed by atoms with E-state index in [-0.39, 0.29) is 24.8 Å². The summed E-state index contributed by atoms with van der Waals surface area (Å²) in [4.78, 5) is 61.5. The number of phosphoric acid groups is 2. The number of carbonyl (C=O) groups is 2. The monoisotopic (exact) mass is 961 g/mol. The fraction of sp³-hybridized carbons (Fsp3) is 0.682. The summed E-state index contributed by atoms with van der Waals surface area (Å²) >= 11 is 0. The molecule has 1 aromatic rings. The number of anilines is 1. The molecule has 8 atom stereocenters. The first-order valence-electron chi connectivity index (χ1n) is 22.6. The Balaban J connectivity index is 1.86. The molecule has 0 aliphatic carbocycles. The van der Waals surface area contributed by atoms with Gasteiger partial charge in [-0.25, -0.2) is 13.9 Å². The van der Waals surface area contributed by atoms with E-state index < -0.39 is 83.7 Å². The molecule has 2 heterocycles. The van der Waals surface area contributed by atoms with Crippen LogP contribution in [0.4, 0.5) is 5.82 Å². The van der Waals surface area contributed by atoms with Crippen LogP contribution in [0, 0.1) is 5.92 Å². The van der Waals surface area contributed by atoms with Gasteiger partial charge in [-0.05, 0) is 69.8 Å². The first-order chi connectivity index (χ1) is 30.9. The van der Waals surface area contributed by atoms with Crippen LogP contribution in [0.25, 0.3) is 0 Å². The van der Waals surface area contributed by atoms with Crippen molar-refractivity contribution in [2.45, 2.75) is 167 Å². The third kappa shape index (κ3) is 26.6. The Labute approximate surface area is 382 Å². The third-order valence-corrected chi connectivity index (χ3v) is 12.6. The predicted octanol–water partition coefficient (Wildman–Crippen LogP) is 7.04. The lowest BCUT2D eigenvalue weighted by Gasteiger charge is -2.21.